The van der Waals surface area contributed by atoms with Gasteiger partial charge in [0.25, 0.3) is 0 Å². The number of rotatable bonds is 13. The van der Waals surface area contributed by atoms with Crippen LogP contribution < -0.4 is 10.6 Å². The molecule has 0 spiro atoms. The van der Waals surface area contributed by atoms with Crippen molar-refractivity contribution in [1.29, 1.82) is 0 Å². The van der Waals surface area contributed by atoms with Crippen LogP contribution in [0.25, 0.3) is 11.1 Å². The first-order valence-electron chi connectivity index (χ1n) is 16.9. The lowest BCUT2D eigenvalue weighted by Crippen LogP contribution is -2.47. The second-order valence-corrected chi connectivity index (χ2v) is 13.3. The lowest BCUT2D eigenvalue weighted by Gasteiger charge is -2.36. The van der Waals surface area contributed by atoms with Crippen molar-refractivity contribution in [1.82, 2.24) is 15.6 Å². The highest BCUT2D eigenvalue weighted by molar-refractivity contribution is 7.99. The molecule has 2 heterocycles. The molecule has 0 saturated carbocycles. The molecule has 0 unspecified atom stereocenters. The Labute approximate surface area is 302 Å². The first-order valence-corrected chi connectivity index (χ1v) is 17.9. The molecule has 51 heavy (non-hydrogen) atoms. The van der Waals surface area contributed by atoms with Crippen molar-refractivity contribution in [2.45, 2.75) is 55.6 Å². The van der Waals surface area contributed by atoms with Crippen LogP contribution in [-0.2, 0) is 38.6 Å². The Morgan fingerprint density at radius 3 is 2.31 bits per heavy atom. The summed E-state index contributed by atoms with van der Waals surface area (Å²) in [6.07, 6.45) is 2.01. The fraction of sp³-hybridized carbons (Fsp3) is 0.244. The third-order valence-corrected chi connectivity index (χ3v) is 9.72. The van der Waals surface area contributed by atoms with E-state index in [1.165, 1.54) is 7.11 Å². The molecule has 1 aliphatic heterocycles. The summed E-state index contributed by atoms with van der Waals surface area (Å²) in [5.74, 6) is 0.227. The minimum Gasteiger partial charge on any atom is -0.467 e. The minimum atomic E-state index is -0.809. The summed E-state index contributed by atoms with van der Waals surface area (Å²) in [7, 11) is 1.31. The summed E-state index contributed by atoms with van der Waals surface area (Å²) >= 11 is 1.66. The van der Waals surface area contributed by atoms with Crippen LogP contribution in [0, 0.1) is 0 Å². The smallest absolute Gasteiger partial charge is 0.328 e. The Kier molecular flexibility index (Phi) is 12.5. The topological polar surface area (TPSA) is 119 Å². The van der Waals surface area contributed by atoms with Crippen molar-refractivity contribution in [2.75, 3.05) is 12.9 Å². The lowest BCUT2D eigenvalue weighted by atomic mass is 9.99. The van der Waals surface area contributed by atoms with Gasteiger partial charge in [0.15, 0.2) is 6.29 Å². The highest BCUT2D eigenvalue weighted by Crippen LogP contribution is 2.39. The van der Waals surface area contributed by atoms with Crippen LogP contribution in [-0.4, -0.2) is 47.1 Å². The van der Waals surface area contributed by atoms with Gasteiger partial charge < -0.3 is 30.0 Å². The number of thioether (sulfide) groups is 1. The molecule has 1 fully saturated rings. The molecule has 4 atom stereocenters. The number of methoxy groups -OCH3 is 1. The first kappa shape index (κ1) is 35.8. The second kappa shape index (κ2) is 17.8. The molecule has 0 aliphatic carbocycles. The number of hydrogen-bond donors (Lipinski definition) is 3. The quantitative estimate of drug-likeness (QED) is 0.0874. The van der Waals surface area contributed by atoms with Crippen LogP contribution in [0.4, 0.5) is 4.79 Å². The summed E-state index contributed by atoms with van der Waals surface area (Å²) in [5, 5.41) is 16.1. The SMILES string of the molecule is COC(=O)[C@H](Cc1ccccc1)NC(=O)NCc1cccc(-c2ccc([C@@H]3O[C@H](CSc4ccccn4)C[C@H](c4ccc(CO)cc4)O3)cc2)c1. The number of carbonyl (C=O) groups excluding carboxylic acids is 2. The van der Waals surface area contributed by atoms with E-state index in [1.54, 1.807) is 18.0 Å². The molecule has 10 heteroatoms. The summed E-state index contributed by atoms with van der Waals surface area (Å²) in [6, 6.07) is 38.1. The number of urea groups is 1. The van der Waals surface area contributed by atoms with Crippen molar-refractivity contribution in [3.8, 4) is 11.1 Å². The lowest BCUT2D eigenvalue weighted by molar-refractivity contribution is -0.245. The number of carbonyl (C=O) groups is 2. The van der Waals surface area contributed by atoms with Gasteiger partial charge in [-0.2, -0.15) is 0 Å². The maximum atomic E-state index is 12.8. The van der Waals surface area contributed by atoms with E-state index in [0.29, 0.717) is 12.8 Å². The number of nitrogens with one attached hydrogen (secondary N) is 2. The third kappa shape index (κ3) is 10.0. The van der Waals surface area contributed by atoms with Crippen LogP contribution in [0.2, 0.25) is 0 Å². The zero-order valence-electron chi connectivity index (χ0n) is 28.3. The molecule has 1 aromatic heterocycles. The van der Waals surface area contributed by atoms with E-state index >= 15 is 0 Å². The highest BCUT2D eigenvalue weighted by Gasteiger charge is 2.32. The Morgan fingerprint density at radius 2 is 1.59 bits per heavy atom. The number of aliphatic hydroxyl groups is 1. The van der Waals surface area contributed by atoms with E-state index < -0.39 is 24.3 Å². The van der Waals surface area contributed by atoms with Gasteiger partial charge in [-0.15, -0.1) is 11.8 Å². The molecule has 6 rings (SSSR count). The molecule has 5 aromatic rings. The van der Waals surface area contributed by atoms with E-state index in [-0.39, 0.29) is 25.4 Å². The van der Waals surface area contributed by atoms with Crippen molar-refractivity contribution < 1.29 is 28.9 Å². The van der Waals surface area contributed by atoms with Crippen LogP contribution >= 0.6 is 11.8 Å². The van der Waals surface area contributed by atoms with Gasteiger partial charge in [0.1, 0.15) is 6.04 Å². The number of amides is 2. The molecule has 9 nitrogen and oxygen atoms in total. The van der Waals surface area contributed by atoms with Crippen molar-refractivity contribution in [3.63, 3.8) is 0 Å². The predicted octanol–water partition coefficient (Wildman–Crippen LogP) is 7.16. The number of esters is 1. The maximum absolute atomic E-state index is 12.8. The molecule has 0 bridgehead atoms. The number of aliphatic hydroxyl groups excluding tert-OH is 1. The first-order chi connectivity index (χ1) is 25.0. The Balaban J connectivity index is 1.10. The summed E-state index contributed by atoms with van der Waals surface area (Å²) in [4.78, 5) is 29.6. The number of ether oxygens (including phenoxy) is 3. The molecular formula is C41H41N3O6S. The third-order valence-electron chi connectivity index (χ3n) is 8.64. The van der Waals surface area contributed by atoms with Crippen LogP contribution in [0.5, 0.6) is 0 Å². The van der Waals surface area contributed by atoms with Crippen LogP contribution in [0.3, 0.4) is 0 Å². The van der Waals surface area contributed by atoms with E-state index in [1.807, 2.05) is 121 Å². The van der Waals surface area contributed by atoms with Gasteiger partial charge in [0.05, 0.1) is 31.0 Å². The molecule has 262 valence electrons. The van der Waals surface area contributed by atoms with Gasteiger partial charge in [-0.05, 0) is 51.6 Å². The van der Waals surface area contributed by atoms with Gasteiger partial charge >= 0.3 is 12.0 Å². The van der Waals surface area contributed by atoms with E-state index in [2.05, 4.69) is 15.6 Å². The monoisotopic (exact) mass is 703 g/mol. The summed E-state index contributed by atoms with van der Waals surface area (Å²) in [6.45, 7) is 0.272. The van der Waals surface area contributed by atoms with Crippen molar-refractivity contribution >= 4 is 23.8 Å². The molecule has 1 aliphatic rings. The molecular weight excluding hydrogens is 663 g/mol. The number of pyridine rings is 1. The van der Waals surface area contributed by atoms with Gasteiger partial charge in [-0.3, -0.25) is 0 Å². The molecule has 4 aromatic carbocycles. The van der Waals surface area contributed by atoms with Gasteiger partial charge in [0, 0.05) is 36.9 Å². The average molecular weight is 704 g/mol. The molecule has 1 saturated heterocycles. The number of aromatic nitrogens is 1. The summed E-state index contributed by atoms with van der Waals surface area (Å²) in [5.41, 5.74) is 6.64. The fourth-order valence-corrected chi connectivity index (χ4v) is 6.79. The Hall–Kier alpha value is -5.00. The normalized spacial score (nSPS) is 17.6. The Morgan fingerprint density at radius 1 is 0.843 bits per heavy atom. The van der Waals surface area contributed by atoms with Crippen LogP contribution in [0.1, 0.15) is 46.6 Å². The number of benzene rings is 4. The fourth-order valence-electron chi connectivity index (χ4n) is 5.90. The number of nitrogens with zero attached hydrogens (tertiary/aromatic N) is 1. The van der Waals surface area contributed by atoms with Crippen LogP contribution in [0.15, 0.2) is 133 Å². The van der Waals surface area contributed by atoms with Gasteiger partial charge in [-0.1, -0.05) is 103 Å². The zero-order chi connectivity index (χ0) is 35.4. The minimum absolute atomic E-state index is 0.00532. The highest BCUT2D eigenvalue weighted by atomic mass is 32.2. The van der Waals surface area contributed by atoms with Gasteiger partial charge in [-0.25, -0.2) is 14.6 Å². The molecule has 2 amide bonds. The van der Waals surface area contributed by atoms with Gasteiger partial charge in [0.2, 0.25) is 0 Å². The summed E-state index contributed by atoms with van der Waals surface area (Å²) < 4.78 is 18.0. The average Bonchev–Trinajstić information content (AvgIpc) is 3.19. The van der Waals surface area contributed by atoms with Crippen molar-refractivity contribution in [2.24, 2.45) is 0 Å². The van der Waals surface area contributed by atoms with Crippen molar-refractivity contribution in [3.05, 3.63) is 155 Å². The zero-order valence-corrected chi connectivity index (χ0v) is 29.1. The molecule has 3 N–H and O–H groups in total. The predicted molar refractivity (Wildman–Crippen MR) is 197 cm³/mol. The van der Waals surface area contributed by atoms with E-state index in [0.717, 1.165) is 49.7 Å². The second-order valence-electron chi connectivity index (χ2n) is 12.2. The Bertz CT molecular complexity index is 1860. The van der Waals surface area contributed by atoms with E-state index in [9.17, 15) is 14.7 Å². The number of hydrogen-bond acceptors (Lipinski definition) is 8. The standard InChI is InChI=1S/C41H41N3O6S/c1-48-39(46)36(23-28-8-3-2-4-9-28)44-41(47)43-25-30-10-7-11-34(22-30)31-17-19-33(20-18-31)40-49-35(27-51-38-12-5-6-21-42-38)24-37(50-40)32-15-13-29(26-45)14-16-32/h2-22,35-37,40,45H,23-27H2,1H3,(H2,43,44,47)/t35-,36-,37+,40+/m0/s1. The van der Waals surface area contributed by atoms with E-state index in [4.69, 9.17) is 14.2 Å². The molecule has 0 radical (unpaired) electrons. The largest absolute Gasteiger partial charge is 0.467 e. The maximum Gasteiger partial charge on any atom is 0.328 e.